The van der Waals surface area contributed by atoms with Gasteiger partial charge in [-0.25, -0.2) is 4.39 Å². The second-order valence-corrected chi connectivity index (χ2v) is 6.50. The van der Waals surface area contributed by atoms with E-state index in [1.165, 1.54) is 0 Å². The van der Waals surface area contributed by atoms with Gasteiger partial charge in [-0.15, -0.1) is 0 Å². The van der Waals surface area contributed by atoms with Gasteiger partial charge in [0.2, 0.25) is 0 Å². The largest absolute Gasteiger partial charge is 0.419 e. The Balaban J connectivity index is 2.18. The maximum Gasteiger partial charge on any atom is 0.419 e. The molecule has 0 aliphatic carbocycles. The van der Waals surface area contributed by atoms with Gasteiger partial charge in [0.25, 0.3) is 0 Å². The summed E-state index contributed by atoms with van der Waals surface area (Å²) in [6.07, 6.45) is -14.8. The molecule has 0 aliphatic heterocycles. The highest BCUT2D eigenvalue weighted by atomic mass is 19.4. The number of halogens is 10. The van der Waals surface area contributed by atoms with E-state index in [1.54, 1.807) is 0 Å². The average molecular weight is 452 g/mol. The van der Waals surface area contributed by atoms with E-state index in [0.717, 1.165) is 36.4 Å². The Morgan fingerprint density at radius 2 is 1.03 bits per heavy atom. The zero-order chi connectivity index (χ0) is 23.2. The van der Waals surface area contributed by atoms with Crippen molar-refractivity contribution in [3.63, 3.8) is 0 Å². The van der Waals surface area contributed by atoms with E-state index in [9.17, 15) is 43.9 Å². The van der Waals surface area contributed by atoms with E-state index in [4.69, 9.17) is 0 Å². The van der Waals surface area contributed by atoms with Crippen molar-refractivity contribution in [2.75, 3.05) is 0 Å². The van der Waals surface area contributed by atoms with Crippen LogP contribution in [0.15, 0.2) is 60.7 Å². The molecule has 0 nitrogen and oxygen atoms in total. The van der Waals surface area contributed by atoms with Gasteiger partial charge in [-0.05, 0) is 41.0 Å². The van der Waals surface area contributed by atoms with Gasteiger partial charge in [0, 0.05) is 5.56 Å². The molecule has 0 amide bonds. The fraction of sp³-hybridized carbons (Fsp3) is 0.143. The average Bonchev–Trinajstić information content (AvgIpc) is 2.65. The summed E-state index contributed by atoms with van der Waals surface area (Å²) in [6, 6.07) is 7.43. The summed E-state index contributed by atoms with van der Waals surface area (Å²) in [5.74, 6) is -1.80. The van der Waals surface area contributed by atoms with Gasteiger partial charge in [0.05, 0.1) is 16.7 Å². The van der Waals surface area contributed by atoms with Crippen LogP contribution in [-0.4, -0.2) is 0 Å². The van der Waals surface area contributed by atoms with Crippen molar-refractivity contribution in [2.45, 2.75) is 18.5 Å². The van der Waals surface area contributed by atoms with E-state index in [0.29, 0.717) is 24.3 Å². The van der Waals surface area contributed by atoms with Crippen LogP contribution in [0.5, 0.6) is 0 Å². The van der Waals surface area contributed by atoms with Gasteiger partial charge in [-0.3, -0.25) is 0 Å². The van der Waals surface area contributed by atoms with Crippen molar-refractivity contribution < 1.29 is 43.9 Å². The Labute approximate surface area is 168 Å². The van der Waals surface area contributed by atoms with Crippen molar-refractivity contribution in [1.82, 2.24) is 0 Å². The molecule has 164 valence electrons. The summed E-state index contributed by atoms with van der Waals surface area (Å²) in [7, 11) is 0. The van der Waals surface area contributed by atoms with Crippen LogP contribution in [0, 0.1) is 5.82 Å². The topological polar surface area (TPSA) is 0 Å². The van der Waals surface area contributed by atoms with Gasteiger partial charge in [0.15, 0.2) is 0 Å². The second kappa shape index (κ2) is 7.58. The first-order chi connectivity index (χ1) is 14.2. The van der Waals surface area contributed by atoms with E-state index in [2.05, 4.69) is 0 Å². The first-order valence-electron chi connectivity index (χ1n) is 8.44. The number of alkyl halides is 9. The molecule has 3 aromatic carbocycles. The third-order valence-corrected chi connectivity index (χ3v) is 4.45. The van der Waals surface area contributed by atoms with Crippen LogP contribution in [0.1, 0.15) is 16.7 Å². The van der Waals surface area contributed by atoms with Crippen LogP contribution >= 0.6 is 0 Å². The number of hydrogen-bond donors (Lipinski definition) is 0. The van der Waals surface area contributed by atoms with Crippen molar-refractivity contribution in [3.8, 4) is 22.3 Å². The minimum atomic E-state index is -5.28. The van der Waals surface area contributed by atoms with Crippen LogP contribution in [-0.2, 0) is 18.5 Å². The molecule has 0 spiro atoms. The van der Waals surface area contributed by atoms with E-state index in [1.807, 2.05) is 0 Å². The molecule has 31 heavy (non-hydrogen) atoms. The molecule has 0 bridgehead atoms. The van der Waals surface area contributed by atoms with E-state index >= 15 is 0 Å². The molecule has 10 heteroatoms. The minimum absolute atomic E-state index is 0.258. The summed E-state index contributed by atoms with van der Waals surface area (Å²) in [4.78, 5) is 0. The number of hydrogen-bond acceptors (Lipinski definition) is 0. The van der Waals surface area contributed by atoms with Crippen LogP contribution in [0.4, 0.5) is 43.9 Å². The van der Waals surface area contributed by atoms with Crippen molar-refractivity contribution in [2.24, 2.45) is 0 Å². The van der Waals surface area contributed by atoms with E-state index < -0.39 is 57.7 Å². The molecule has 0 heterocycles. The lowest BCUT2D eigenvalue weighted by atomic mass is 9.92. The Morgan fingerprint density at radius 3 is 1.55 bits per heavy atom. The van der Waals surface area contributed by atoms with Gasteiger partial charge >= 0.3 is 18.5 Å². The quantitative estimate of drug-likeness (QED) is 0.344. The molecule has 0 N–H and O–H groups in total. The monoisotopic (exact) mass is 452 g/mol. The Hall–Kier alpha value is -3.04. The zero-order valence-corrected chi connectivity index (χ0v) is 15.1. The predicted octanol–water partition coefficient (Wildman–Crippen LogP) is 8.22. The smallest absolute Gasteiger partial charge is 0.206 e. The van der Waals surface area contributed by atoms with Crippen LogP contribution in [0.3, 0.4) is 0 Å². The first-order valence-corrected chi connectivity index (χ1v) is 8.44. The summed E-state index contributed by atoms with van der Waals surface area (Å²) in [6.45, 7) is 0. The highest BCUT2D eigenvalue weighted by Gasteiger charge is 2.39. The molecule has 0 atom stereocenters. The number of rotatable bonds is 2. The molecule has 0 saturated heterocycles. The Morgan fingerprint density at radius 1 is 0.484 bits per heavy atom. The highest BCUT2D eigenvalue weighted by Crippen LogP contribution is 2.43. The SMILES string of the molecule is Fc1c(-c2ccc(C(F)(F)F)cc2)ccc(-c2cccc(C(F)(F)F)c2)c1C(F)(F)F. The standard InChI is InChI=1S/C21H10F10/c22-18-16(11-4-6-13(7-5-11)19(23,24)25)9-8-15(17(18)21(29,30)31)12-2-1-3-14(10-12)20(26,27)28/h1-10H. The normalized spacial score (nSPS) is 12.8. The van der Waals surface area contributed by atoms with E-state index in [-0.39, 0.29) is 5.56 Å². The molecule has 0 fully saturated rings. The molecule has 0 unspecified atom stereocenters. The van der Waals surface area contributed by atoms with Crippen LogP contribution < -0.4 is 0 Å². The van der Waals surface area contributed by atoms with Crippen molar-refractivity contribution >= 4 is 0 Å². The van der Waals surface area contributed by atoms with Gasteiger partial charge in [0.1, 0.15) is 5.82 Å². The summed E-state index contributed by atoms with van der Waals surface area (Å²) < 4.78 is 133. The molecule has 3 rings (SSSR count). The third kappa shape index (κ3) is 4.67. The summed E-state index contributed by atoms with van der Waals surface area (Å²) >= 11 is 0. The summed E-state index contributed by atoms with van der Waals surface area (Å²) in [5, 5.41) is 0. The highest BCUT2D eigenvalue weighted by molar-refractivity contribution is 5.75. The Kier molecular flexibility index (Phi) is 5.54. The minimum Gasteiger partial charge on any atom is -0.206 e. The first kappa shape index (κ1) is 22.6. The fourth-order valence-corrected chi connectivity index (χ4v) is 3.02. The lowest BCUT2D eigenvalue weighted by Crippen LogP contribution is -2.12. The maximum atomic E-state index is 14.9. The molecular weight excluding hydrogens is 442 g/mol. The molecule has 0 saturated carbocycles. The van der Waals surface area contributed by atoms with Crippen molar-refractivity contribution in [1.29, 1.82) is 0 Å². The molecule has 0 aliphatic rings. The second-order valence-electron chi connectivity index (χ2n) is 6.50. The number of benzene rings is 3. The Bertz CT molecular complexity index is 1090. The van der Waals surface area contributed by atoms with Gasteiger partial charge < -0.3 is 0 Å². The molecule has 3 aromatic rings. The lowest BCUT2D eigenvalue weighted by Gasteiger charge is -2.18. The lowest BCUT2D eigenvalue weighted by molar-refractivity contribution is -0.139. The molecule has 0 radical (unpaired) electrons. The maximum absolute atomic E-state index is 14.9. The van der Waals surface area contributed by atoms with Crippen LogP contribution in [0.25, 0.3) is 22.3 Å². The zero-order valence-electron chi connectivity index (χ0n) is 15.1. The van der Waals surface area contributed by atoms with Gasteiger partial charge in [-0.1, -0.05) is 36.4 Å². The predicted molar refractivity (Wildman–Crippen MR) is 92.3 cm³/mol. The van der Waals surface area contributed by atoms with Crippen LogP contribution in [0.2, 0.25) is 0 Å². The fourth-order valence-electron chi connectivity index (χ4n) is 3.02. The molecular formula is C21H10F10. The summed E-state index contributed by atoms with van der Waals surface area (Å²) in [5.41, 5.74) is -6.35. The van der Waals surface area contributed by atoms with Crippen molar-refractivity contribution in [3.05, 3.63) is 83.2 Å². The third-order valence-electron chi connectivity index (χ3n) is 4.45. The van der Waals surface area contributed by atoms with Gasteiger partial charge in [-0.2, -0.15) is 39.5 Å². The molecule has 0 aromatic heterocycles.